The van der Waals surface area contributed by atoms with Crippen molar-refractivity contribution in [2.24, 2.45) is 11.8 Å². The standard InChI is InChI=1S/C19H30N4O/c1-5-6-14-9-20-13(2)21-18(14)23-11-16-15(10-22(3)4)17-7-8-19(16,12-23)24-17/h9,15-17H,5-8,10-12H2,1-4H3/t15-,16+,17+,19+/m0/s1. The Morgan fingerprint density at radius 2 is 2.25 bits per heavy atom. The van der Waals surface area contributed by atoms with Crippen LogP contribution in [0.1, 0.15) is 37.6 Å². The molecule has 0 amide bonds. The van der Waals surface area contributed by atoms with Crippen molar-refractivity contribution in [2.75, 3.05) is 38.6 Å². The van der Waals surface area contributed by atoms with Crippen molar-refractivity contribution < 1.29 is 4.74 Å². The molecule has 0 saturated carbocycles. The smallest absolute Gasteiger partial charge is 0.135 e. The first-order valence-electron chi connectivity index (χ1n) is 9.42. The van der Waals surface area contributed by atoms with Crippen molar-refractivity contribution >= 4 is 5.82 Å². The molecule has 4 atom stereocenters. The molecule has 0 aliphatic carbocycles. The highest BCUT2D eigenvalue weighted by Gasteiger charge is 2.63. The molecular weight excluding hydrogens is 300 g/mol. The summed E-state index contributed by atoms with van der Waals surface area (Å²) in [6.07, 6.45) is 7.13. The molecule has 3 aliphatic rings. The summed E-state index contributed by atoms with van der Waals surface area (Å²) in [6.45, 7) is 7.44. The molecule has 132 valence electrons. The third kappa shape index (κ3) is 2.53. The van der Waals surface area contributed by atoms with Crippen LogP contribution < -0.4 is 4.90 Å². The summed E-state index contributed by atoms with van der Waals surface area (Å²) in [5.41, 5.74) is 1.37. The van der Waals surface area contributed by atoms with Crippen LogP contribution in [-0.2, 0) is 11.2 Å². The maximum absolute atomic E-state index is 6.57. The van der Waals surface area contributed by atoms with Crippen molar-refractivity contribution in [3.8, 4) is 0 Å². The average molecular weight is 330 g/mol. The van der Waals surface area contributed by atoms with Gasteiger partial charge in [0.15, 0.2) is 0 Å². The van der Waals surface area contributed by atoms with Crippen LogP contribution in [0.5, 0.6) is 0 Å². The third-order valence-electron chi connectivity index (χ3n) is 6.14. The van der Waals surface area contributed by atoms with Gasteiger partial charge < -0.3 is 14.5 Å². The summed E-state index contributed by atoms with van der Waals surface area (Å²) in [6, 6.07) is 0. The topological polar surface area (TPSA) is 41.5 Å². The Hall–Kier alpha value is -1.20. The van der Waals surface area contributed by atoms with Crippen LogP contribution in [0.3, 0.4) is 0 Å². The number of rotatable bonds is 5. The number of nitrogens with zero attached hydrogens (tertiary/aromatic N) is 4. The number of hydrogen-bond donors (Lipinski definition) is 0. The molecule has 4 heterocycles. The van der Waals surface area contributed by atoms with Crippen LogP contribution in [0.25, 0.3) is 0 Å². The first-order valence-corrected chi connectivity index (χ1v) is 9.42. The zero-order valence-electron chi connectivity index (χ0n) is 15.5. The summed E-state index contributed by atoms with van der Waals surface area (Å²) in [7, 11) is 4.36. The number of hydrogen-bond acceptors (Lipinski definition) is 5. The second-order valence-corrected chi connectivity index (χ2v) is 8.19. The van der Waals surface area contributed by atoms with E-state index >= 15 is 0 Å². The first kappa shape index (κ1) is 16.3. The number of ether oxygens (including phenoxy) is 1. The Balaban J connectivity index is 1.61. The molecular formula is C19H30N4O. The lowest BCUT2D eigenvalue weighted by Crippen LogP contribution is -2.40. The van der Waals surface area contributed by atoms with Gasteiger partial charge >= 0.3 is 0 Å². The largest absolute Gasteiger partial charge is 0.369 e. The monoisotopic (exact) mass is 330 g/mol. The molecule has 4 rings (SSSR count). The van der Waals surface area contributed by atoms with E-state index in [1.165, 1.54) is 18.4 Å². The first-order chi connectivity index (χ1) is 11.5. The quantitative estimate of drug-likeness (QED) is 0.828. The van der Waals surface area contributed by atoms with Crippen molar-refractivity contribution in [3.63, 3.8) is 0 Å². The van der Waals surface area contributed by atoms with Gasteiger partial charge in [-0.05, 0) is 40.3 Å². The number of anilines is 1. The highest BCUT2D eigenvalue weighted by atomic mass is 16.5. The van der Waals surface area contributed by atoms with Crippen LogP contribution in [-0.4, -0.2) is 60.3 Å². The predicted octanol–water partition coefficient (Wildman–Crippen LogP) is 2.28. The molecule has 1 aromatic rings. The van der Waals surface area contributed by atoms with Crippen LogP contribution in [0.2, 0.25) is 0 Å². The lowest BCUT2D eigenvalue weighted by Gasteiger charge is -2.30. The molecule has 3 saturated heterocycles. The summed E-state index contributed by atoms with van der Waals surface area (Å²) in [5.74, 6) is 3.33. The van der Waals surface area contributed by atoms with Gasteiger partial charge in [0.1, 0.15) is 11.6 Å². The minimum atomic E-state index is 0.0771. The second kappa shape index (κ2) is 5.95. The van der Waals surface area contributed by atoms with E-state index in [9.17, 15) is 0 Å². The van der Waals surface area contributed by atoms with Gasteiger partial charge in [0.25, 0.3) is 0 Å². The van der Waals surface area contributed by atoms with Gasteiger partial charge in [-0.15, -0.1) is 0 Å². The molecule has 1 aromatic heterocycles. The van der Waals surface area contributed by atoms with E-state index < -0.39 is 0 Å². The van der Waals surface area contributed by atoms with Gasteiger partial charge in [-0.3, -0.25) is 0 Å². The molecule has 0 unspecified atom stereocenters. The van der Waals surface area contributed by atoms with Gasteiger partial charge in [0.05, 0.1) is 11.7 Å². The van der Waals surface area contributed by atoms with Gasteiger partial charge in [0.2, 0.25) is 0 Å². The summed E-state index contributed by atoms with van der Waals surface area (Å²) < 4.78 is 6.57. The molecule has 5 nitrogen and oxygen atoms in total. The maximum Gasteiger partial charge on any atom is 0.135 e. The Kier molecular flexibility index (Phi) is 4.04. The van der Waals surface area contributed by atoms with E-state index in [2.05, 4.69) is 35.8 Å². The predicted molar refractivity (Wildman–Crippen MR) is 95.3 cm³/mol. The number of aryl methyl sites for hydroxylation is 2. The fourth-order valence-electron chi connectivity index (χ4n) is 5.22. The van der Waals surface area contributed by atoms with E-state index in [0.717, 1.165) is 44.1 Å². The minimum Gasteiger partial charge on any atom is -0.369 e. The van der Waals surface area contributed by atoms with Crippen LogP contribution >= 0.6 is 0 Å². The average Bonchev–Trinajstić information content (AvgIpc) is 3.18. The summed E-state index contributed by atoms with van der Waals surface area (Å²) in [4.78, 5) is 14.1. The van der Waals surface area contributed by atoms with Gasteiger partial charge in [-0.1, -0.05) is 13.3 Å². The SMILES string of the molecule is CCCc1cnc(C)nc1N1C[C@@H]2[C@H](CN(C)C)[C@H]3CC[C@]2(C1)O3. The Labute approximate surface area is 145 Å². The van der Waals surface area contributed by atoms with E-state index in [1.54, 1.807) is 0 Å². The summed E-state index contributed by atoms with van der Waals surface area (Å²) in [5, 5.41) is 0. The van der Waals surface area contributed by atoms with Crippen molar-refractivity contribution in [3.05, 3.63) is 17.6 Å². The lowest BCUT2D eigenvalue weighted by atomic mass is 9.73. The van der Waals surface area contributed by atoms with Gasteiger partial charge in [-0.2, -0.15) is 0 Å². The van der Waals surface area contributed by atoms with E-state index in [-0.39, 0.29) is 5.60 Å². The molecule has 0 N–H and O–H groups in total. The molecule has 5 heteroatoms. The van der Waals surface area contributed by atoms with Gasteiger partial charge in [-0.25, -0.2) is 9.97 Å². The fraction of sp³-hybridized carbons (Fsp3) is 0.789. The molecule has 3 fully saturated rings. The molecule has 2 bridgehead atoms. The molecule has 0 aromatic carbocycles. The van der Waals surface area contributed by atoms with Crippen LogP contribution in [0, 0.1) is 18.8 Å². The maximum atomic E-state index is 6.57. The van der Waals surface area contributed by atoms with E-state index in [4.69, 9.17) is 9.72 Å². The van der Waals surface area contributed by atoms with Gasteiger partial charge in [0, 0.05) is 43.2 Å². The van der Waals surface area contributed by atoms with Crippen LogP contribution in [0.15, 0.2) is 6.20 Å². The second-order valence-electron chi connectivity index (χ2n) is 8.19. The normalized spacial score (nSPS) is 34.4. The minimum absolute atomic E-state index is 0.0771. The zero-order valence-corrected chi connectivity index (χ0v) is 15.5. The van der Waals surface area contributed by atoms with E-state index in [1.807, 2.05) is 13.1 Å². The Morgan fingerprint density at radius 3 is 3.00 bits per heavy atom. The fourth-order valence-corrected chi connectivity index (χ4v) is 5.22. The molecule has 0 radical (unpaired) electrons. The van der Waals surface area contributed by atoms with E-state index in [0.29, 0.717) is 17.9 Å². The highest BCUT2D eigenvalue weighted by molar-refractivity contribution is 5.49. The highest BCUT2D eigenvalue weighted by Crippen LogP contribution is 2.55. The number of aromatic nitrogens is 2. The third-order valence-corrected chi connectivity index (χ3v) is 6.14. The molecule has 1 spiro atoms. The van der Waals surface area contributed by atoms with Crippen molar-refractivity contribution in [2.45, 2.75) is 51.2 Å². The summed E-state index contributed by atoms with van der Waals surface area (Å²) >= 11 is 0. The lowest BCUT2D eigenvalue weighted by molar-refractivity contribution is 0.0136. The van der Waals surface area contributed by atoms with Crippen molar-refractivity contribution in [1.29, 1.82) is 0 Å². The molecule has 3 aliphatic heterocycles. The Bertz CT molecular complexity index is 619. The zero-order chi connectivity index (χ0) is 16.9. The number of fused-ring (bicyclic) bond motifs is 1. The van der Waals surface area contributed by atoms with Crippen LogP contribution in [0.4, 0.5) is 5.82 Å². The molecule has 24 heavy (non-hydrogen) atoms. The Morgan fingerprint density at radius 1 is 1.42 bits per heavy atom. The van der Waals surface area contributed by atoms with Crippen molar-refractivity contribution in [1.82, 2.24) is 14.9 Å².